The highest BCUT2D eigenvalue weighted by Crippen LogP contribution is 2.28. The van der Waals surface area contributed by atoms with E-state index in [1.807, 2.05) is 20.8 Å². The van der Waals surface area contributed by atoms with Crippen LogP contribution in [0.3, 0.4) is 0 Å². The van der Waals surface area contributed by atoms with E-state index in [1.54, 1.807) is 12.1 Å². The minimum Gasteiger partial charge on any atom is -0.478 e. The summed E-state index contributed by atoms with van der Waals surface area (Å²) in [5, 5.41) is 8.57. The Morgan fingerprint density at radius 2 is 1.58 bits per heavy atom. The van der Waals surface area contributed by atoms with Gasteiger partial charge >= 0.3 is 12.1 Å². The maximum atomic E-state index is 12.5. The molecule has 1 aromatic rings. The molecule has 0 aliphatic rings. The zero-order valence-corrected chi connectivity index (χ0v) is 10.9. The second-order valence-electron chi connectivity index (χ2n) is 5.23. The summed E-state index contributed by atoms with van der Waals surface area (Å²) in [7, 11) is 0. The van der Waals surface area contributed by atoms with Crippen molar-refractivity contribution >= 4 is 12.0 Å². The molecular weight excluding hydrogens is 257 g/mol. The lowest BCUT2D eigenvalue weighted by atomic mass is 9.86. The number of carbonyl (C=O) groups is 1. The Bertz CT molecular complexity index is 491. The molecule has 0 fully saturated rings. The number of benzene rings is 1. The Morgan fingerprint density at radius 3 is 1.89 bits per heavy atom. The number of hydrogen-bond donors (Lipinski definition) is 1. The minimum absolute atomic E-state index is 0.109. The minimum atomic E-state index is -4.87. The van der Waals surface area contributed by atoms with Gasteiger partial charge in [-0.15, -0.1) is 0 Å². The molecule has 1 rings (SSSR count). The van der Waals surface area contributed by atoms with Gasteiger partial charge in [0.15, 0.2) is 0 Å². The fourth-order valence-electron chi connectivity index (χ4n) is 1.51. The molecule has 0 aliphatic heterocycles. The molecule has 5 heteroatoms. The van der Waals surface area contributed by atoms with Crippen LogP contribution in [0.5, 0.6) is 0 Å². The third-order valence-corrected chi connectivity index (χ3v) is 2.62. The third-order valence-electron chi connectivity index (χ3n) is 2.62. The molecule has 0 saturated carbocycles. The predicted octanol–water partition coefficient (Wildman–Crippen LogP) is 4.01. The summed E-state index contributed by atoms with van der Waals surface area (Å²) < 4.78 is 37.4. The van der Waals surface area contributed by atoms with Gasteiger partial charge in [-0.3, -0.25) is 0 Å². The molecule has 0 unspecified atom stereocenters. The monoisotopic (exact) mass is 272 g/mol. The third kappa shape index (κ3) is 4.12. The first kappa shape index (κ1) is 15.3. The van der Waals surface area contributed by atoms with E-state index < -0.39 is 17.7 Å². The first-order chi connectivity index (χ1) is 8.51. The van der Waals surface area contributed by atoms with Crippen LogP contribution in [-0.4, -0.2) is 17.3 Å². The van der Waals surface area contributed by atoms with Crippen LogP contribution in [0.25, 0.3) is 6.08 Å². The van der Waals surface area contributed by atoms with Crippen molar-refractivity contribution in [3.63, 3.8) is 0 Å². The summed E-state index contributed by atoms with van der Waals surface area (Å²) >= 11 is 0. The summed E-state index contributed by atoms with van der Waals surface area (Å²) in [6, 6.07) is 6.36. The Balaban J connectivity index is 3.14. The Labute approximate surface area is 109 Å². The van der Waals surface area contributed by atoms with Crippen molar-refractivity contribution in [3.05, 3.63) is 41.0 Å². The number of halogens is 3. The number of aliphatic carboxylic acids is 1. The largest absolute Gasteiger partial charge is 0.478 e. The molecule has 0 radical (unpaired) electrons. The van der Waals surface area contributed by atoms with E-state index in [4.69, 9.17) is 5.11 Å². The second kappa shape index (κ2) is 5.07. The highest BCUT2D eigenvalue weighted by atomic mass is 19.4. The van der Waals surface area contributed by atoms with E-state index in [2.05, 4.69) is 0 Å². The highest BCUT2D eigenvalue weighted by molar-refractivity contribution is 5.93. The summed E-state index contributed by atoms with van der Waals surface area (Å²) in [5.74, 6) is -1.98. The van der Waals surface area contributed by atoms with Crippen LogP contribution in [0.15, 0.2) is 29.8 Å². The Morgan fingerprint density at radius 1 is 1.11 bits per heavy atom. The molecule has 1 aromatic carbocycles. The quantitative estimate of drug-likeness (QED) is 0.826. The van der Waals surface area contributed by atoms with Gasteiger partial charge in [0, 0.05) is 0 Å². The SMILES string of the molecule is CC(C)(C)c1ccc(/C=C(/C(=O)O)C(F)(F)F)cc1. The van der Waals surface area contributed by atoms with Crippen molar-refractivity contribution in [1.82, 2.24) is 0 Å². The molecule has 1 N–H and O–H groups in total. The number of carboxylic acid groups (broad SMARTS) is 1. The van der Waals surface area contributed by atoms with Crippen LogP contribution < -0.4 is 0 Å². The van der Waals surface area contributed by atoms with Crippen molar-refractivity contribution in [2.75, 3.05) is 0 Å². The number of alkyl halides is 3. The van der Waals surface area contributed by atoms with E-state index in [0.717, 1.165) is 5.56 Å². The molecule has 0 bridgehead atoms. The molecular formula is C14H15F3O2. The zero-order chi connectivity index (χ0) is 14.8. The van der Waals surface area contributed by atoms with Crippen LogP contribution in [0.4, 0.5) is 13.2 Å². The van der Waals surface area contributed by atoms with Crippen molar-refractivity contribution in [2.24, 2.45) is 0 Å². The maximum Gasteiger partial charge on any atom is 0.423 e. The molecule has 0 saturated heterocycles. The first-order valence-electron chi connectivity index (χ1n) is 5.64. The van der Waals surface area contributed by atoms with Crippen molar-refractivity contribution in [3.8, 4) is 0 Å². The molecule has 0 aliphatic carbocycles. The first-order valence-corrected chi connectivity index (χ1v) is 5.64. The summed E-state index contributed by atoms with van der Waals surface area (Å²) in [4.78, 5) is 10.6. The van der Waals surface area contributed by atoms with Gasteiger partial charge in [0.25, 0.3) is 0 Å². The van der Waals surface area contributed by atoms with Gasteiger partial charge in [-0.25, -0.2) is 4.79 Å². The molecule has 0 atom stereocenters. The lowest BCUT2D eigenvalue weighted by Gasteiger charge is -2.18. The van der Waals surface area contributed by atoms with Gasteiger partial charge in [-0.1, -0.05) is 45.0 Å². The molecule has 0 aromatic heterocycles. The predicted molar refractivity (Wildman–Crippen MR) is 66.8 cm³/mol. The van der Waals surface area contributed by atoms with Crippen molar-refractivity contribution in [2.45, 2.75) is 32.4 Å². The van der Waals surface area contributed by atoms with E-state index in [-0.39, 0.29) is 11.0 Å². The smallest absolute Gasteiger partial charge is 0.423 e. The lowest BCUT2D eigenvalue weighted by Crippen LogP contribution is -2.19. The second-order valence-corrected chi connectivity index (χ2v) is 5.23. The Kier molecular flexibility index (Phi) is 4.08. The molecule has 19 heavy (non-hydrogen) atoms. The Hall–Kier alpha value is -1.78. The van der Waals surface area contributed by atoms with E-state index in [9.17, 15) is 18.0 Å². The van der Waals surface area contributed by atoms with Gasteiger partial charge in [0.1, 0.15) is 5.57 Å². The highest BCUT2D eigenvalue weighted by Gasteiger charge is 2.38. The summed E-state index contributed by atoms with van der Waals surface area (Å²) in [6.45, 7) is 5.95. The molecule has 104 valence electrons. The number of carboxylic acids is 1. The average Bonchev–Trinajstić information content (AvgIpc) is 2.23. The molecule has 0 amide bonds. The summed E-state index contributed by atoms with van der Waals surface area (Å²) in [6.07, 6.45) is -4.23. The number of rotatable bonds is 2. The van der Waals surface area contributed by atoms with Crippen LogP contribution in [0, 0.1) is 0 Å². The van der Waals surface area contributed by atoms with Gasteiger partial charge in [-0.2, -0.15) is 13.2 Å². The van der Waals surface area contributed by atoms with Crippen molar-refractivity contribution in [1.29, 1.82) is 0 Å². The van der Waals surface area contributed by atoms with Crippen LogP contribution in [-0.2, 0) is 10.2 Å². The summed E-state index contributed by atoms with van der Waals surface area (Å²) in [5.41, 5.74) is -0.505. The van der Waals surface area contributed by atoms with E-state index >= 15 is 0 Å². The van der Waals surface area contributed by atoms with Crippen LogP contribution in [0.1, 0.15) is 31.9 Å². The number of hydrogen-bond acceptors (Lipinski definition) is 1. The molecule has 0 heterocycles. The molecule has 0 spiro atoms. The zero-order valence-electron chi connectivity index (χ0n) is 10.9. The maximum absolute atomic E-state index is 12.5. The average molecular weight is 272 g/mol. The van der Waals surface area contributed by atoms with Crippen LogP contribution >= 0.6 is 0 Å². The lowest BCUT2D eigenvalue weighted by molar-refractivity contribution is -0.144. The normalized spacial score (nSPS) is 13.5. The van der Waals surface area contributed by atoms with Gasteiger partial charge in [-0.05, 0) is 22.6 Å². The van der Waals surface area contributed by atoms with E-state index in [1.165, 1.54) is 12.1 Å². The van der Waals surface area contributed by atoms with Crippen molar-refractivity contribution < 1.29 is 23.1 Å². The fourth-order valence-corrected chi connectivity index (χ4v) is 1.51. The van der Waals surface area contributed by atoms with Gasteiger partial charge in [0.05, 0.1) is 0 Å². The van der Waals surface area contributed by atoms with Crippen LogP contribution in [0.2, 0.25) is 0 Å². The fraction of sp³-hybridized carbons (Fsp3) is 0.357. The van der Waals surface area contributed by atoms with Gasteiger partial charge < -0.3 is 5.11 Å². The topological polar surface area (TPSA) is 37.3 Å². The van der Waals surface area contributed by atoms with E-state index in [0.29, 0.717) is 6.08 Å². The standard InChI is InChI=1S/C14H15F3O2/c1-13(2,3)10-6-4-9(5-7-10)8-11(12(18)19)14(15,16)17/h4-8H,1-3H3,(H,18,19)/b11-8-. The molecule has 2 nitrogen and oxygen atoms in total. The van der Waals surface area contributed by atoms with Gasteiger partial charge in [0.2, 0.25) is 0 Å².